The van der Waals surface area contributed by atoms with E-state index in [4.69, 9.17) is 0 Å². The standard InChI is InChI=1S/C9H16O/c1-7-5-6-9(7,10)8-3-2-4-8/h7-8,10H,2-6H2,1H3. The molecule has 0 bridgehead atoms. The smallest absolute Gasteiger partial charge is 0.0701 e. The quantitative estimate of drug-likeness (QED) is 0.590. The molecule has 0 amide bonds. The van der Waals surface area contributed by atoms with E-state index in [-0.39, 0.29) is 5.60 Å². The summed E-state index contributed by atoms with van der Waals surface area (Å²) in [4.78, 5) is 0. The zero-order chi connectivity index (χ0) is 7.19. The third-order valence-corrected chi connectivity index (χ3v) is 3.64. The summed E-state index contributed by atoms with van der Waals surface area (Å²) in [5.74, 6) is 1.24. The molecule has 0 radical (unpaired) electrons. The average molecular weight is 140 g/mol. The molecular weight excluding hydrogens is 124 g/mol. The summed E-state index contributed by atoms with van der Waals surface area (Å²) in [6, 6.07) is 0. The van der Waals surface area contributed by atoms with Crippen LogP contribution in [-0.4, -0.2) is 10.7 Å². The van der Waals surface area contributed by atoms with Crippen molar-refractivity contribution >= 4 is 0 Å². The molecule has 0 aromatic heterocycles. The summed E-state index contributed by atoms with van der Waals surface area (Å²) in [6.45, 7) is 2.18. The van der Waals surface area contributed by atoms with Gasteiger partial charge < -0.3 is 5.11 Å². The molecule has 2 atom stereocenters. The van der Waals surface area contributed by atoms with Crippen LogP contribution in [-0.2, 0) is 0 Å². The molecule has 2 saturated carbocycles. The lowest BCUT2D eigenvalue weighted by Gasteiger charge is -2.52. The topological polar surface area (TPSA) is 20.2 Å². The highest BCUT2D eigenvalue weighted by atomic mass is 16.3. The normalized spacial score (nSPS) is 48.0. The molecular formula is C9H16O. The molecule has 1 N–H and O–H groups in total. The van der Waals surface area contributed by atoms with E-state index in [0.29, 0.717) is 11.8 Å². The Morgan fingerprint density at radius 2 is 2.00 bits per heavy atom. The molecule has 2 unspecified atom stereocenters. The fourth-order valence-corrected chi connectivity index (χ4v) is 2.24. The van der Waals surface area contributed by atoms with Gasteiger partial charge in [-0.1, -0.05) is 13.3 Å². The van der Waals surface area contributed by atoms with E-state index in [1.807, 2.05) is 0 Å². The van der Waals surface area contributed by atoms with Crippen LogP contribution in [0.4, 0.5) is 0 Å². The molecule has 0 aromatic carbocycles. The van der Waals surface area contributed by atoms with Crippen molar-refractivity contribution in [1.82, 2.24) is 0 Å². The van der Waals surface area contributed by atoms with Crippen LogP contribution in [0, 0.1) is 11.8 Å². The number of aliphatic hydroxyl groups is 1. The van der Waals surface area contributed by atoms with E-state index in [9.17, 15) is 5.11 Å². The minimum absolute atomic E-state index is 0.224. The fourth-order valence-electron chi connectivity index (χ4n) is 2.24. The second-order valence-corrected chi connectivity index (χ2v) is 4.06. The molecule has 2 aliphatic rings. The van der Waals surface area contributed by atoms with Crippen molar-refractivity contribution in [1.29, 1.82) is 0 Å². The summed E-state index contributed by atoms with van der Waals surface area (Å²) >= 11 is 0. The van der Waals surface area contributed by atoms with E-state index in [2.05, 4.69) is 6.92 Å². The lowest BCUT2D eigenvalue weighted by Crippen LogP contribution is -2.53. The van der Waals surface area contributed by atoms with Gasteiger partial charge in [0.15, 0.2) is 0 Å². The van der Waals surface area contributed by atoms with Gasteiger partial charge in [-0.25, -0.2) is 0 Å². The maximum Gasteiger partial charge on any atom is 0.0701 e. The van der Waals surface area contributed by atoms with Gasteiger partial charge in [0, 0.05) is 0 Å². The highest BCUT2D eigenvalue weighted by Gasteiger charge is 2.49. The molecule has 0 spiro atoms. The Bertz CT molecular complexity index is 140. The van der Waals surface area contributed by atoms with E-state index < -0.39 is 0 Å². The van der Waals surface area contributed by atoms with Crippen molar-refractivity contribution < 1.29 is 5.11 Å². The van der Waals surface area contributed by atoms with Gasteiger partial charge in [-0.3, -0.25) is 0 Å². The Morgan fingerprint density at radius 1 is 1.30 bits per heavy atom. The first-order chi connectivity index (χ1) is 4.73. The van der Waals surface area contributed by atoms with Gasteiger partial charge >= 0.3 is 0 Å². The van der Waals surface area contributed by atoms with Gasteiger partial charge in [0.05, 0.1) is 5.60 Å². The van der Waals surface area contributed by atoms with Crippen LogP contribution in [0.1, 0.15) is 39.0 Å². The maximum absolute atomic E-state index is 10.00. The minimum Gasteiger partial charge on any atom is -0.389 e. The van der Waals surface area contributed by atoms with Gasteiger partial charge in [-0.15, -0.1) is 0 Å². The van der Waals surface area contributed by atoms with Crippen LogP contribution in [0.15, 0.2) is 0 Å². The number of hydrogen-bond acceptors (Lipinski definition) is 1. The minimum atomic E-state index is -0.224. The first-order valence-electron chi connectivity index (χ1n) is 4.46. The van der Waals surface area contributed by atoms with E-state index in [0.717, 1.165) is 6.42 Å². The molecule has 10 heavy (non-hydrogen) atoms. The van der Waals surface area contributed by atoms with E-state index in [1.54, 1.807) is 0 Å². The summed E-state index contributed by atoms with van der Waals surface area (Å²) in [5.41, 5.74) is -0.224. The zero-order valence-corrected chi connectivity index (χ0v) is 6.64. The van der Waals surface area contributed by atoms with Gasteiger partial charge in [-0.2, -0.15) is 0 Å². The van der Waals surface area contributed by atoms with Crippen molar-refractivity contribution in [2.75, 3.05) is 0 Å². The summed E-state index contributed by atoms with van der Waals surface area (Å²) in [5, 5.41) is 10.00. The van der Waals surface area contributed by atoms with Crippen molar-refractivity contribution in [3.05, 3.63) is 0 Å². The predicted octanol–water partition coefficient (Wildman–Crippen LogP) is 1.95. The summed E-state index contributed by atoms with van der Waals surface area (Å²) < 4.78 is 0. The molecule has 2 rings (SSSR count). The zero-order valence-electron chi connectivity index (χ0n) is 6.64. The Labute approximate surface area is 62.4 Å². The molecule has 0 saturated heterocycles. The third kappa shape index (κ3) is 0.672. The second-order valence-electron chi connectivity index (χ2n) is 4.06. The van der Waals surface area contributed by atoms with Gasteiger partial charge in [0.1, 0.15) is 0 Å². The molecule has 0 aliphatic heterocycles. The molecule has 58 valence electrons. The summed E-state index contributed by atoms with van der Waals surface area (Å²) in [7, 11) is 0. The molecule has 1 nitrogen and oxygen atoms in total. The second kappa shape index (κ2) is 1.97. The number of rotatable bonds is 1. The van der Waals surface area contributed by atoms with Crippen LogP contribution in [0.3, 0.4) is 0 Å². The monoisotopic (exact) mass is 140 g/mol. The van der Waals surface area contributed by atoms with Crippen LogP contribution in [0.2, 0.25) is 0 Å². The highest BCUT2D eigenvalue weighted by Crippen LogP contribution is 2.50. The molecule has 2 aliphatic carbocycles. The van der Waals surface area contributed by atoms with Crippen molar-refractivity contribution in [3.63, 3.8) is 0 Å². The Kier molecular flexibility index (Phi) is 1.31. The maximum atomic E-state index is 10.00. The van der Waals surface area contributed by atoms with Crippen molar-refractivity contribution in [2.45, 2.75) is 44.6 Å². The molecule has 2 fully saturated rings. The molecule has 0 aromatic rings. The van der Waals surface area contributed by atoms with Crippen molar-refractivity contribution in [2.24, 2.45) is 11.8 Å². The lowest BCUT2D eigenvalue weighted by atomic mass is 9.58. The first kappa shape index (κ1) is 6.66. The van der Waals surface area contributed by atoms with Crippen LogP contribution in [0.5, 0.6) is 0 Å². The van der Waals surface area contributed by atoms with Crippen LogP contribution in [0.25, 0.3) is 0 Å². The number of hydrogen-bond donors (Lipinski definition) is 1. The van der Waals surface area contributed by atoms with Gasteiger partial charge in [0.25, 0.3) is 0 Å². The average Bonchev–Trinajstić information content (AvgIpc) is 1.81. The van der Waals surface area contributed by atoms with Gasteiger partial charge in [-0.05, 0) is 37.5 Å². The Morgan fingerprint density at radius 3 is 2.10 bits per heavy atom. The van der Waals surface area contributed by atoms with E-state index in [1.165, 1.54) is 25.7 Å². The first-order valence-corrected chi connectivity index (χ1v) is 4.46. The lowest BCUT2D eigenvalue weighted by molar-refractivity contribution is -0.151. The predicted molar refractivity (Wildman–Crippen MR) is 40.7 cm³/mol. The SMILES string of the molecule is CC1CCC1(O)C1CCC1. The largest absolute Gasteiger partial charge is 0.389 e. The van der Waals surface area contributed by atoms with E-state index >= 15 is 0 Å². The summed E-state index contributed by atoms with van der Waals surface area (Å²) in [6.07, 6.45) is 6.22. The van der Waals surface area contributed by atoms with Gasteiger partial charge in [0.2, 0.25) is 0 Å². The highest BCUT2D eigenvalue weighted by molar-refractivity contribution is 5.01. The Balaban J connectivity index is 2.00. The van der Waals surface area contributed by atoms with Crippen LogP contribution >= 0.6 is 0 Å². The fraction of sp³-hybridized carbons (Fsp3) is 1.00. The molecule has 1 heteroatoms. The van der Waals surface area contributed by atoms with Crippen molar-refractivity contribution in [3.8, 4) is 0 Å². The third-order valence-electron chi connectivity index (χ3n) is 3.64. The Hall–Kier alpha value is -0.0400. The molecule has 0 heterocycles. The van der Waals surface area contributed by atoms with Crippen LogP contribution < -0.4 is 0 Å².